The number of fused-ring (bicyclic) bond motifs is 2. The van der Waals surface area contributed by atoms with Crippen LogP contribution in [0.4, 0.5) is 23.0 Å². The van der Waals surface area contributed by atoms with Crippen LogP contribution in [0.25, 0.3) is 0 Å². The van der Waals surface area contributed by atoms with Crippen LogP contribution in [-0.4, -0.2) is 136 Å². The molecule has 16 nitrogen and oxygen atoms in total. The standard InChI is InChI=1S/C61H66N10O6/c1-4-5-10-49(50-21-23-52(58-56(50)74-35-37-76-58)68-31-27-66(28-32-68)43(2)41-70(54-11-6-8-25-64-54)60(72)47-17-13-45(39-62)14-18-47)51-22-24-53(59-57(51)75-36-38-77-59)69-33-29-67(30-34-69)44(3)42-71(55-12-7-9-26-65-55)61(73)48-19-15-46(40-63)16-20-48/h6-9,11-26,43-44,49H,4-5,10,27-38,41-42H2,1-3H3/t43-,44-/m1/s1. The molecule has 77 heavy (non-hydrogen) atoms. The smallest absolute Gasteiger partial charge is 0.259 e. The SMILES string of the molecule is CCCCC(c1ccc(N2CCN([C@H](C)CN(C(=O)c3ccc(C#N)cc3)c3ccccn3)CC2)c2c1OCCO2)c1ccc(N2CCN([C@H](C)CN(C(=O)c3ccc(C#N)cc3)c3ccccn3)CC2)c2c1OCCO2. The average Bonchev–Trinajstić information content (AvgIpc) is 3.51. The van der Waals surface area contributed by atoms with Crippen LogP contribution in [0.1, 0.15) is 88.9 Å². The summed E-state index contributed by atoms with van der Waals surface area (Å²) in [6.45, 7) is 15.5. The monoisotopic (exact) mass is 1030 g/mol. The highest BCUT2D eigenvalue weighted by atomic mass is 16.6. The lowest BCUT2D eigenvalue weighted by molar-refractivity contribution is 0.0966. The number of benzene rings is 4. The largest absolute Gasteiger partial charge is 0.486 e. The highest BCUT2D eigenvalue weighted by Gasteiger charge is 2.35. The Bertz CT molecular complexity index is 2870. The third-order valence-corrected chi connectivity index (χ3v) is 15.3. The number of pyridine rings is 2. The van der Waals surface area contributed by atoms with E-state index in [1.807, 2.05) is 36.4 Å². The molecule has 0 N–H and O–H groups in total. The van der Waals surface area contributed by atoms with Gasteiger partial charge in [-0.15, -0.1) is 0 Å². The number of piperazine rings is 2. The number of rotatable bonds is 17. The van der Waals surface area contributed by atoms with Gasteiger partial charge >= 0.3 is 0 Å². The second-order valence-electron chi connectivity index (χ2n) is 20.1. The van der Waals surface area contributed by atoms with Gasteiger partial charge in [-0.2, -0.15) is 10.5 Å². The van der Waals surface area contributed by atoms with Gasteiger partial charge in [-0.25, -0.2) is 9.97 Å². The van der Waals surface area contributed by atoms with Crippen LogP contribution in [0, 0.1) is 22.7 Å². The maximum Gasteiger partial charge on any atom is 0.259 e. The Kier molecular flexibility index (Phi) is 16.4. The Morgan fingerprint density at radius 2 is 0.948 bits per heavy atom. The normalized spacial score (nSPS) is 16.2. The molecule has 2 saturated heterocycles. The highest BCUT2D eigenvalue weighted by Crippen LogP contribution is 2.52. The summed E-state index contributed by atoms with van der Waals surface area (Å²) in [5, 5.41) is 18.7. The molecule has 4 aliphatic rings. The Hall–Kier alpha value is -8.18. The van der Waals surface area contributed by atoms with Crippen molar-refractivity contribution in [1.82, 2.24) is 19.8 Å². The summed E-state index contributed by atoms with van der Waals surface area (Å²) in [7, 11) is 0. The van der Waals surface area contributed by atoms with E-state index in [9.17, 15) is 20.1 Å². The van der Waals surface area contributed by atoms with Gasteiger partial charge in [0.2, 0.25) is 0 Å². The van der Waals surface area contributed by atoms with Gasteiger partial charge in [0.15, 0.2) is 23.0 Å². The Morgan fingerprint density at radius 1 is 0.545 bits per heavy atom. The molecule has 0 saturated carbocycles. The van der Waals surface area contributed by atoms with Crippen molar-refractivity contribution in [3.8, 4) is 35.1 Å². The molecule has 0 aliphatic carbocycles. The van der Waals surface area contributed by atoms with E-state index in [0.717, 1.165) is 117 Å². The van der Waals surface area contributed by atoms with Gasteiger partial charge < -0.3 is 28.7 Å². The first-order chi connectivity index (χ1) is 37.7. The van der Waals surface area contributed by atoms with Gasteiger partial charge in [0.25, 0.3) is 11.8 Å². The van der Waals surface area contributed by atoms with Crippen molar-refractivity contribution in [2.24, 2.45) is 0 Å². The fourth-order valence-electron chi connectivity index (χ4n) is 11.1. The molecule has 6 heterocycles. The van der Waals surface area contributed by atoms with Crippen molar-refractivity contribution in [3.05, 3.63) is 155 Å². The lowest BCUT2D eigenvalue weighted by Gasteiger charge is -2.41. The summed E-state index contributed by atoms with van der Waals surface area (Å²) >= 11 is 0. The molecule has 2 atom stereocenters. The lowest BCUT2D eigenvalue weighted by atomic mass is 9.84. The predicted molar refractivity (Wildman–Crippen MR) is 297 cm³/mol. The number of amides is 2. The summed E-state index contributed by atoms with van der Waals surface area (Å²) in [5.41, 5.74) is 6.22. The van der Waals surface area contributed by atoms with Crippen LogP contribution >= 0.6 is 0 Å². The van der Waals surface area contributed by atoms with Crippen LogP contribution in [0.15, 0.2) is 122 Å². The first-order valence-corrected chi connectivity index (χ1v) is 27.0. The molecule has 2 fully saturated rings. The number of aromatic nitrogens is 2. The first kappa shape index (κ1) is 52.3. The van der Waals surface area contributed by atoms with E-state index in [1.54, 1.807) is 70.7 Å². The molecule has 2 aromatic heterocycles. The van der Waals surface area contributed by atoms with Crippen molar-refractivity contribution in [3.63, 3.8) is 0 Å². The molecular formula is C61H66N10O6. The first-order valence-electron chi connectivity index (χ1n) is 27.0. The van der Waals surface area contributed by atoms with Crippen LogP contribution in [-0.2, 0) is 0 Å². The Morgan fingerprint density at radius 3 is 1.31 bits per heavy atom. The molecule has 6 aromatic rings. The zero-order valence-corrected chi connectivity index (χ0v) is 44.2. The van der Waals surface area contributed by atoms with Gasteiger partial charge in [0.05, 0.1) is 34.6 Å². The number of hydrogen-bond acceptors (Lipinski definition) is 14. The van der Waals surface area contributed by atoms with Gasteiger partial charge in [0, 0.05) is 118 Å². The molecule has 0 radical (unpaired) electrons. The van der Waals surface area contributed by atoms with Crippen molar-refractivity contribution in [2.45, 2.75) is 58.0 Å². The molecule has 16 heteroatoms. The van der Waals surface area contributed by atoms with Crippen molar-refractivity contribution in [1.29, 1.82) is 10.5 Å². The number of carbonyl (C=O) groups is 2. The van der Waals surface area contributed by atoms with Crippen molar-refractivity contribution < 1.29 is 28.5 Å². The summed E-state index contributed by atoms with van der Waals surface area (Å²) in [4.78, 5) is 50.2. The number of nitrogens with zero attached hydrogens (tertiary/aromatic N) is 10. The van der Waals surface area contributed by atoms with E-state index >= 15 is 0 Å². The number of carbonyl (C=O) groups excluding carboxylic acids is 2. The van der Waals surface area contributed by atoms with Crippen molar-refractivity contribution in [2.75, 3.05) is 111 Å². The summed E-state index contributed by atoms with van der Waals surface area (Å²) < 4.78 is 26.4. The van der Waals surface area contributed by atoms with Gasteiger partial charge in [-0.3, -0.25) is 29.2 Å². The van der Waals surface area contributed by atoms with E-state index in [2.05, 4.69) is 86.7 Å². The van der Waals surface area contributed by atoms with E-state index in [4.69, 9.17) is 18.9 Å². The molecule has 4 aliphatic heterocycles. The quantitative estimate of drug-likeness (QED) is 0.0852. The average molecular weight is 1040 g/mol. The maximum atomic E-state index is 14.0. The van der Waals surface area contributed by atoms with E-state index in [0.29, 0.717) is 73.4 Å². The highest BCUT2D eigenvalue weighted by molar-refractivity contribution is 6.06. The van der Waals surface area contributed by atoms with Crippen LogP contribution in [0.2, 0.25) is 0 Å². The number of nitriles is 2. The molecule has 10 rings (SSSR count). The summed E-state index contributed by atoms with van der Waals surface area (Å²) in [5.74, 6) is 3.96. The van der Waals surface area contributed by atoms with Crippen LogP contribution < -0.4 is 38.5 Å². The fourth-order valence-corrected chi connectivity index (χ4v) is 11.1. The molecule has 2 amide bonds. The minimum Gasteiger partial charge on any atom is -0.486 e. The van der Waals surface area contributed by atoms with E-state index in [-0.39, 0.29) is 29.8 Å². The molecular weight excluding hydrogens is 969 g/mol. The minimum atomic E-state index is -0.157. The lowest BCUT2D eigenvalue weighted by Crippen LogP contribution is -2.53. The third-order valence-electron chi connectivity index (χ3n) is 15.3. The molecule has 0 spiro atoms. The number of ether oxygens (including phenoxy) is 4. The number of unbranched alkanes of at least 4 members (excludes halogenated alkanes) is 1. The molecule has 0 bridgehead atoms. The summed E-state index contributed by atoms with van der Waals surface area (Å²) in [6.07, 6.45) is 6.33. The Balaban J connectivity index is 0.835. The second-order valence-corrected chi connectivity index (χ2v) is 20.1. The van der Waals surface area contributed by atoms with Gasteiger partial charge in [-0.1, -0.05) is 44.0 Å². The van der Waals surface area contributed by atoms with E-state index in [1.165, 1.54) is 0 Å². The Labute approximate surface area is 451 Å². The molecule has 396 valence electrons. The van der Waals surface area contributed by atoms with Crippen molar-refractivity contribution >= 4 is 34.8 Å². The van der Waals surface area contributed by atoms with E-state index < -0.39 is 0 Å². The maximum absolute atomic E-state index is 14.0. The zero-order chi connectivity index (χ0) is 53.3. The zero-order valence-electron chi connectivity index (χ0n) is 44.2. The van der Waals surface area contributed by atoms with Gasteiger partial charge in [0.1, 0.15) is 38.1 Å². The van der Waals surface area contributed by atoms with Crippen LogP contribution in [0.3, 0.4) is 0 Å². The fraction of sp³-hybridized carbons (Fsp3) is 0.377. The molecule has 4 aromatic carbocycles. The topological polar surface area (TPSA) is 164 Å². The molecule has 0 unspecified atom stereocenters. The third kappa shape index (κ3) is 11.5. The summed E-state index contributed by atoms with van der Waals surface area (Å²) in [6, 6.07) is 37.9. The minimum absolute atomic E-state index is 0.0360. The predicted octanol–water partition coefficient (Wildman–Crippen LogP) is 8.80. The van der Waals surface area contributed by atoms with Crippen LogP contribution in [0.5, 0.6) is 23.0 Å². The number of anilines is 4. The second kappa shape index (κ2) is 24.2. The van der Waals surface area contributed by atoms with Gasteiger partial charge in [-0.05, 0) is 105 Å². The number of hydrogen-bond donors (Lipinski definition) is 0.